The smallest absolute Gasteiger partial charge is 0.244 e. The van der Waals surface area contributed by atoms with Crippen LogP contribution in [0.1, 0.15) is 6.42 Å². The van der Waals surface area contributed by atoms with E-state index >= 15 is 0 Å². The number of ether oxygens (including phenoxy) is 1. The Hall–Kier alpha value is -0.630. The molecule has 1 aromatic carbocycles. The molecule has 1 aromatic rings. The molecule has 2 N–H and O–H groups in total. The molecule has 0 aliphatic heterocycles. The Morgan fingerprint density at radius 3 is 2.67 bits per heavy atom. The van der Waals surface area contributed by atoms with E-state index in [0.717, 1.165) is 4.47 Å². The second-order valence-electron chi connectivity index (χ2n) is 3.86. The number of rotatable bonds is 6. The molecule has 1 rings (SSSR count). The molecule has 0 heterocycles. The van der Waals surface area contributed by atoms with Crippen molar-refractivity contribution < 1.29 is 13.2 Å². The van der Waals surface area contributed by atoms with Gasteiger partial charge in [-0.2, -0.15) is 0 Å². The number of hydrogen-bond donors (Lipinski definition) is 1. The lowest BCUT2D eigenvalue weighted by atomic mass is 10.3. The highest BCUT2D eigenvalue weighted by Gasteiger charge is 2.22. The van der Waals surface area contributed by atoms with Crippen molar-refractivity contribution in [2.45, 2.75) is 11.3 Å². The third-order valence-corrected chi connectivity index (χ3v) is 4.91. The number of hydrogen-bond acceptors (Lipinski definition) is 4. The van der Waals surface area contributed by atoms with Gasteiger partial charge in [0, 0.05) is 31.8 Å². The van der Waals surface area contributed by atoms with Gasteiger partial charge in [-0.25, -0.2) is 12.7 Å². The average molecular weight is 337 g/mol. The third-order valence-electron chi connectivity index (χ3n) is 2.48. The van der Waals surface area contributed by atoms with Crippen LogP contribution in [0, 0.1) is 0 Å². The van der Waals surface area contributed by atoms with Gasteiger partial charge < -0.3 is 10.5 Å². The third kappa shape index (κ3) is 3.68. The summed E-state index contributed by atoms with van der Waals surface area (Å²) in [6, 6.07) is 4.74. The van der Waals surface area contributed by atoms with Crippen LogP contribution in [-0.4, -0.2) is 40.0 Å². The molecular formula is C11H17BrN2O3S. The van der Waals surface area contributed by atoms with Gasteiger partial charge in [0.05, 0.1) is 5.69 Å². The van der Waals surface area contributed by atoms with Crippen molar-refractivity contribution >= 4 is 31.6 Å². The van der Waals surface area contributed by atoms with Crippen LogP contribution in [0.5, 0.6) is 0 Å². The first-order valence-electron chi connectivity index (χ1n) is 5.40. The van der Waals surface area contributed by atoms with Crippen LogP contribution in [0.15, 0.2) is 27.6 Å². The largest absolute Gasteiger partial charge is 0.398 e. The van der Waals surface area contributed by atoms with Crippen LogP contribution in [-0.2, 0) is 14.8 Å². The van der Waals surface area contributed by atoms with E-state index in [1.807, 2.05) is 0 Å². The normalized spacial score (nSPS) is 12.0. The quantitative estimate of drug-likeness (QED) is 0.633. The second-order valence-corrected chi connectivity index (χ2v) is 6.78. The lowest BCUT2D eigenvalue weighted by Crippen LogP contribution is -2.29. The summed E-state index contributed by atoms with van der Waals surface area (Å²) >= 11 is 3.25. The van der Waals surface area contributed by atoms with Gasteiger partial charge in [-0.15, -0.1) is 0 Å². The summed E-state index contributed by atoms with van der Waals surface area (Å²) in [5.74, 6) is 0. The highest BCUT2D eigenvalue weighted by molar-refractivity contribution is 9.10. The minimum Gasteiger partial charge on any atom is -0.398 e. The summed E-state index contributed by atoms with van der Waals surface area (Å²) < 4.78 is 31.4. The summed E-state index contributed by atoms with van der Waals surface area (Å²) in [6.45, 7) is 0.918. The molecule has 0 bridgehead atoms. The summed E-state index contributed by atoms with van der Waals surface area (Å²) in [5, 5.41) is 0. The molecule has 0 aliphatic rings. The van der Waals surface area contributed by atoms with Gasteiger partial charge in [0.15, 0.2) is 0 Å². The second kappa shape index (κ2) is 6.51. The van der Waals surface area contributed by atoms with E-state index in [2.05, 4.69) is 15.9 Å². The topological polar surface area (TPSA) is 72.6 Å². The fourth-order valence-electron chi connectivity index (χ4n) is 1.47. The predicted octanol–water partition coefficient (Wildman–Crippen LogP) is 1.69. The van der Waals surface area contributed by atoms with Crippen LogP contribution >= 0.6 is 15.9 Å². The summed E-state index contributed by atoms with van der Waals surface area (Å²) in [7, 11) is -0.416. The van der Waals surface area contributed by atoms with Crippen LogP contribution in [0.3, 0.4) is 0 Å². The van der Waals surface area contributed by atoms with Gasteiger partial charge in [-0.1, -0.05) is 15.9 Å². The molecule has 0 fully saturated rings. The van der Waals surface area contributed by atoms with E-state index in [9.17, 15) is 8.42 Å². The number of nitrogens with two attached hydrogens (primary N) is 1. The van der Waals surface area contributed by atoms with Crippen LogP contribution < -0.4 is 5.73 Å². The molecule has 0 saturated heterocycles. The number of nitrogens with zero attached hydrogens (tertiary/aromatic N) is 1. The maximum Gasteiger partial charge on any atom is 0.244 e. The zero-order valence-corrected chi connectivity index (χ0v) is 12.8. The number of benzene rings is 1. The summed E-state index contributed by atoms with van der Waals surface area (Å²) in [5.41, 5.74) is 5.98. The van der Waals surface area contributed by atoms with Gasteiger partial charge in [-0.05, 0) is 24.6 Å². The molecule has 0 radical (unpaired) electrons. The number of sulfonamides is 1. The molecule has 7 heteroatoms. The number of anilines is 1. The van der Waals surface area contributed by atoms with E-state index in [1.54, 1.807) is 19.2 Å². The molecular weight excluding hydrogens is 320 g/mol. The minimum atomic E-state index is -3.53. The Bertz CT molecular complexity index is 505. The van der Waals surface area contributed by atoms with E-state index in [0.29, 0.717) is 19.6 Å². The van der Waals surface area contributed by atoms with Gasteiger partial charge in [0.25, 0.3) is 0 Å². The minimum absolute atomic E-state index is 0.130. The first-order valence-corrected chi connectivity index (χ1v) is 7.63. The standard InChI is InChI=1S/C11H17BrN2O3S/c1-14(6-3-7-17-2)18(15,16)11-5-4-9(12)8-10(11)13/h4-5,8H,3,6-7,13H2,1-2H3. The van der Waals surface area contributed by atoms with E-state index < -0.39 is 10.0 Å². The summed E-state index contributed by atoms with van der Waals surface area (Å²) in [6.07, 6.45) is 0.642. The SMILES string of the molecule is COCCCN(C)S(=O)(=O)c1ccc(Br)cc1N. The maximum atomic E-state index is 12.2. The van der Waals surface area contributed by atoms with Crippen molar-refractivity contribution in [3.05, 3.63) is 22.7 Å². The van der Waals surface area contributed by atoms with Gasteiger partial charge >= 0.3 is 0 Å². The lowest BCUT2D eigenvalue weighted by Gasteiger charge is -2.18. The number of nitrogen functional groups attached to an aromatic ring is 1. The molecule has 0 amide bonds. The molecule has 0 aromatic heterocycles. The molecule has 18 heavy (non-hydrogen) atoms. The molecule has 0 unspecified atom stereocenters. The lowest BCUT2D eigenvalue weighted by molar-refractivity contribution is 0.189. The van der Waals surface area contributed by atoms with Crippen LogP contribution in [0.25, 0.3) is 0 Å². The molecule has 0 saturated carbocycles. The van der Waals surface area contributed by atoms with Gasteiger partial charge in [0.2, 0.25) is 10.0 Å². The maximum absolute atomic E-state index is 12.2. The molecule has 102 valence electrons. The Morgan fingerprint density at radius 1 is 1.44 bits per heavy atom. The molecule has 0 aliphatic carbocycles. The Balaban J connectivity index is 2.91. The Labute approximate surface area is 116 Å². The van der Waals surface area contributed by atoms with Crippen molar-refractivity contribution in [2.75, 3.05) is 33.0 Å². The number of methoxy groups -OCH3 is 1. The highest BCUT2D eigenvalue weighted by Crippen LogP contribution is 2.25. The average Bonchev–Trinajstić information content (AvgIpc) is 2.28. The molecule has 5 nitrogen and oxygen atoms in total. The van der Waals surface area contributed by atoms with E-state index in [4.69, 9.17) is 10.5 Å². The van der Waals surface area contributed by atoms with Gasteiger partial charge in [-0.3, -0.25) is 0 Å². The molecule has 0 atom stereocenters. The Morgan fingerprint density at radius 2 is 2.11 bits per heavy atom. The monoisotopic (exact) mass is 336 g/mol. The van der Waals surface area contributed by atoms with Gasteiger partial charge in [0.1, 0.15) is 4.90 Å². The Kier molecular flexibility index (Phi) is 5.58. The van der Waals surface area contributed by atoms with Crippen molar-refractivity contribution in [1.82, 2.24) is 4.31 Å². The van der Waals surface area contributed by atoms with Crippen LogP contribution in [0.2, 0.25) is 0 Å². The fraction of sp³-hybridized carbons (Fsp3) is 0.455. The fourth-order valence-corrected chi connectivity index (χ4v) is 3.15. The van der Waals surface area contributed by atoms with Crippen molar-refractivity contribution in [1.29, 1.82) is 0 Å². The first-order chi connectivity index (χ1) is 8.39. The van der Waals surface area contributed by atoms with E-state index in [1.165, 1.54) is 17.4 Å². The number of halogens is 1. The molecule has 0 spiro atoms. The van der Waals surface area contributed by atoms with Crippen molar-refractivity contribution in [3.63, 3.8) is 0 Å². The van der Waals surface area contributed by atoms with E-state index in [-0.39, 0.29) is 10.6 Å². The zero-order valence-electron chi connectivity index (χ0n) is 10.4. The predicted molar refractivity (Wildman–Crippen MR) is 74.9 cm³/mol. The first kappa shape index (κ1) is 15.4. The summed E-state index contributed by atoms with van der Waals surface area (Å²) in [4.78, 5) is 0.130. The van der Waals surface area contributed by atoms with Crippen molar-refractivity contribution in [3.8, 4) is 0 Å². The highest BCUT2D eigenvalue weighted by atomic mass is 79.9. The van der Waals surface area contributed by atoms with Crippen molar-refractivity contribution in [2.24, 2.45) is 0 Å². The zero-order chi connectivity index (χ0) is 13.8. The van der Waals surface area contributed by atoms with Crippen LogP contribution in [0.4, 0.5) is 5.69 Å².